The molecule has 0 spiro atoms. The molecule has 0 amide bonds. The Morgan fingerprint density at radius 2 is 0.875 bits per heavy atom. The van der Waals surface area contributed by atoms with E-state index in [9.17, 15) is 39.6 Å². The van der Waals surface area contributed by atoms with Crippen molar-refractivity contribution in [3.8, 4) is 23.0 Å². The third-order valence-electron chi connectivity index (χ3n) is 17.8. The van der Waals surface area contributed by atoms with Gasteiger partial charge in [-0.1, -0.05) is 185 Å². The van der Waals surface area contributed by atoms with Crippen molar-refractivity contribution in [3.63, 3.8) is 0 Å². The first-order valence-corrected chi connectivity index (χ1v) is 60.2. The van der Waals surface area contributed by atoms with E-state index < -0.39 is 90.5 Å². The molecule has 3 saturated heterocycles. The molecule has 0 saturated carbocycles. The summed E-state index contributed by atoms with van der Waals surface area (Å²) in [6.07, 6.45) is -2.75. The van der Waals surface area contributed by atoms with Crippen LogP contribution in [0.4, 0.5) is 0 Å². The number of carboxylic acid groups (broad SMARTS) is 1. The fraction of sp³-hybridized carbons (Fsp3) is 0.363. The monoisotopic (exact) mass is 2260 g/mol. The molecule has 3 fully saturated rings. The predicted octanol–water partition coefficient (Wildman–Crippen LogP) is 25.3. The molecule has 0 bridgehead atoms. The van der Waals surface area contributed by atoms with Crippen LogP contribution in [-0.4, -0.2) is 189 Å². The van der Waals surface area contributed by atoms with E-state index >= 15 is 0 Å². The number of hydrogen-bond donors (Lipinski definition) is 5. The summed E-state index contributed by atoms with van der Waals surface area (Å²) in [7, 11) is 17.0. The zero-order valence-corrected chi connectivity index (χ0v) is 89.9. The Morgan fingerprint density at radius 3 is 1.25 bits per heavy atom. The lowest BCUT2D eigenvalue weighted by Crippen LogP contribution is -2.64. The molecule has 9 aromatic carbocycles. The van der Waals surface area contributed by atoms with Crippen molar-refractivity contribution in [2.24, 2.45) is 0 Å². The molecule has 9 aromatic rings. The number of ketones is 1. The van der Waals surface area contributed by atoms with E-state index in [1.54, 1.807) is 113 Å². The van der Waals surface area contributed by atoms with E-state index in [-0.39, 0.29) is 48.1 Å². The molecular formula is C91H110AlBr4Cl9O20Si3. The van der Waals surface area contributed by atoms with Gasteiger partial charge < -0.3 is 76.7 Å². The second-order valence-electron chi connectivity index (χ2n) is 30.7. The molecule has 3 heterocycles. The summed E-state index contributed by atoms with van der Waals surface area (Å²) in [6, 6.07) is 57.9. The first-order chi connectivity index (χ1) is 59.7. The highest BCUT2D eigenvalue weighted by molar-refractivity contribution is 9.11. The van der Waals surface area contributed by atoms with Gasteiger partial charge in [0.25, 0.3) is 5.24 Å². The van der Waals surface area contributed by atoms with Gasteiger partial charge in [-0.15, -0.1) is 0 Å². The van der Waals surface area contributed by atoms with Crippen LogP contribution >= 0.6 is 163 Å². The molecule has 700 valence electrons. The number of cyclic esters (lactones) is 1. The van der Waals surface area contributed by atoms with Crippen molar-refractivity contribution in [1.82, 2.24) is 0 Å². The number of carboxylic acids is 1. The molecule has 9 atom stereocenters. The molecule has 0 aliphatic carbocycles. The Bertz CT molecular complexity index is 4800. The van der Waals surface area contributed by atoms with Crippen molar-refractivity contribution in [3.05, 3.63) is 287 Å². The van der Waals surface area contributed by atoms with Crippen LogP contribution in [0.2, 0.25) is 84.0 Å². The number of carbonyl (C=O) groups excluding carboxylic acids is 3. The highest BCUT2D eigenvalue weighted by atomic mass is 79.9. The van der Waals surface area contributed by atoms with Gasteiger partial charge in [0.2, 0.25) is 5.79 Å². The number of ether oxygens (including phenoxy) is 8. The second kappa shape index (κ2) is 58.9. The van der Waals surface area contributed by atoms with E-state index in [4.69, 9.17) is 156 Å². The molecule has 0 radical (unpaired) electrons. The zero-order chi connectivity index (χ0) is 95.3. The molecule has 3 aliphatic heterocycles. The van der Waals surface area contributed by atoms with Crippen molar-refractivity contribution in [2.45, 2.75) is 160 Å². The third-order valence-corrected chi connectivity index (χ3v) is 24.6. The summed E-state index contributed by atoms with van der Waals surface area (Å²) in [4.78, 5) is 46.0. The summed E-state index contributed by atoms with van der Waals surface area (Å²) >= 11 is 46.5. The first kappa shape index (κ1) is 118. The minimum atomic E-state index is -1.93. The minimum Gasteiger partial charge on any atom is -0.497 e. The molecule has 12 rings (SSSR count). The van der Waals surface area contributed by atoms with Crippen LogP contribution in [0.15, 0.2) is 212 Å². The summed E-state index contributed by atoms with van der Waals surface area (Å²) < 4.78 is 64.5. The van der Waals surface area contributed by atoms with Crippen LogP contribution in [0, 0.1) is 0 Å². The van der Waals surface area contributed by atoms with Gasteiger partial charge in [0, 0.05) is 65.0 Å². The number of para-hydroxylation sites is 1. The van der Waals surface area contributed by atoms with Crippen molar-refractivity contribution >= 4 is 223 Å². The second-order valence-corrected chi connectivity index (χ2v) is 56.6. The molecule has 37 heteroatoms. The van der Waals surface area contributed by atoms with Crippen LogP contribution in [-0.2, 0) is 55.6 Å². The molecule has 5 N–H and O–H groups in total. The highest BCUT2D eigenvalue weighted by Gasteiger charge is 2.56. The fourth-order valence-corrected chi connectivity index (χ4v) is 17.7. The van der Waals surface area contributed by atoms with Crippen LogP contribution in [0.1, 0.15) is 98.1 Å². The molecule has 3 aliphatic rings. The SMILES string of the molecule is C.C1CCOC1.CC[C@H]1OC(=O)[C@H](O[Si](C)(C)C)[C@@H](O[Si](C)(C)C)[C@@H]1O[Si](C)(C)C.COc1ccc(C(=O)c2cc(Br)ccc2Cl)cc1.COc1ccc(Cc2cc(Br)ccc2Cl)cc1.COc1ccc(Cc2cc([C@]3(OC)O[C@H](CO)[C@@H](O)[C@H](O)[C@H]3O)ccc2Cl)cc1.COc1ccccc1.O=C(Cl)c1cc(Br)ccc1Cl.O=C(O)c1cc(Br)ccc1Cl.[Cl][Al]([Cl])[Cl]. The topological polar surface area (TPSA) is 271 Å². The normalized spacial score (nSPS) is 18.4. The van der Waals surface area contributed by atoms with Gasteiger partial charge >= 0.3 is 23.3 Å². The van der Waals surface area contributed by atoms with E-state index in [1.165, 1.54) is 37.6 Å². The fourth-order valence-electron chi connectivity index (χ4n) is 11.8. The zero-order valence-electron chi connectivity index (χ0n) is 72.6. The molecular weight excluding hydrogens is 2160 g/mol. The van der Waals surface area contributed by atoms with Gasteiger partial charge in [-0.25, -0.2) is 39.7 Å². The van der Waals surface area contributed by atoms with Crippen molar-refractivity contribution in [2.75, 3.05) is 55.4 Å². The number of esters is 1. The highest BCUT2D eigenvalue weighted by Crippen LogP contribution is 2.42. The maximum atomic E-state index is 12.6. The van der Waals surface area contributed by atoms with Crippen LogP contribution in [0.25, 0.3) is 0 Å². The summed E-state index contributed by atoms with van der Waals surface area (Å²) in [5.74, 6) is 0.0376. The van der Waals surface area contributed by atoms with Gasteiger partial charge in [0.05, 0.1) is 61.2 Å². The van der Waals surface area contributed by atoms with Crippen LogP contribution in [0.3, 0.4) is 0 Å². The van der Waals surface area contributed by atoms with Gasteiger partial charge in [0.1, 0.15) is 65.7 Å². The maximum absolute atomic E-state index is 12.6. The van der Waals surface area contributed by atoms with E-state index in [0.717, 1.165) is 72.0 Å². The summed E-state index contributed by atoms with van der Waals surface area (Å²) in [6.45, 7) is 22.5. The maximum Gasteiger partial charge on any atom is 0.643 e. The summed E-state index contributed by atoms with van der Waals surface area (Å²) in [5, 5.41) is 50.9. The third kappa shape index (κ3) is 41.5. The standard InChI is InChI=1S/C21H25ClO7.C16H36O5Si3.C14H10BrClO2.C14H12BrClO.C7H3BrCl2O.C7H4BrClO2.C7H8O.C4H8O.CH4.Al.3ClH/c1-27-15-6-3-12(4-7-15)9-13-10-14(5-8-16(13)22)21(28-2)20(26)19(25)18(24)17(11-23)29-21;1-11-12-13(19-22(2,3)4)14(20-23(5,6)7)15(16(17)18-12)21-24(8,9)10;1-18-11-5-2-9(3-6-11)14(17)12-8-10(15)4-7-13(12)16;1-17-13-5-2-10(3-6-13)8-11-9-12(15)4-7-14(11)16;2*8-4-1-2-6(9)5(3-4)7(10)11;1-8-7-5-3-2-4-6-7;1-2-4-5-3-1;;;;;/h3-8,10,17-20,23-26H,9,11H2,1-2H3;12-15H,11H2,1-10H3;2-8H,1H3;2-7,9H,8H2,1H3;1-3H;1-3H,(H,10,11);2-6H,1H3;1-4H2;1H4;;3*1H/q;;;;;;;;;+3;;;/p-3/t17-,18-,19+,20-,21+;12-,13-,14+,15-;;;;;;;;;;;/m11.........../s1. The Morgan fingerprint density at radius 1 is 0.492 bits per heavy atom. The predicted molar refractivity (Wildman–Crippen MR) is 540 cm³/mol. The smallest absolute Gasteiger partial charge is 0.497 e. The number of aliphatic hydroxyl groups excluding tert-OH is 4. The van der Waals surface area contributed by atoms with Crippen molar-refractivity contribution in [1.29, 1.82) is 0 Å². The number of rotatable bonds is 22. The van der Waals surface area contributed by atoms with Crippen LogP contribution < -0.4 is 18.9 Å². The van der Waals surface area contributed by atoms with Gasteiger partial charge in [-0.2, -0.15) is 0 Å². The lowest BCUT2D eigenvalue weighted by Gasteiger charge is -2.47. The van der Waals surface area contributed by atoms with Gasteiger partial charge in [0.15, 0.2) is 36.8 Å². The lowest BCUT2D eigenvalue weighted by molar-refractivity contribution is -0.366. The molecule has 0 unspecified atom stereocenters. The Balaban J connectivity index is 0.000000389. The van der Waals surface area contributed by atoms with Gasteiger partial charge in [-0.05, 0) is 270 Å². The molecule has 20 nitrogen and oxygen atoms in total. The van der Waals surface area contributed by atoms with Gasteiger partial charge in [-0.3, -0.25) is 9.59 Å². The number of methoxy groups -OCH3 is 5. The van der Waals surface area contributed by atoms with Crippen molar-refractivity contribution < 1.29 is 95.9 Å². The Hall–Kier alpha value is -4.23. The molecule has 128 heavy (non-hydrogen) atoms. The number of hydrogen-bond acceptors (Lipinski definition) is 19. The lowest BCUT2D eigenvalue weighted by atomic mass is 9.87. The number of aromatic carboxylic acids is 1. The molecule has 0 aromatic heterocycles. The van der Waals surface area contributed by atoms with E-state index in [1.807, 2.05) is 91.9 Å². The van der Waals surface area contributed by atoms with E-state index in [0.29, 0.717) is 60.4 Å². The average molecular weight is 2270 g/mol. The quantitative estimate of drug-likeness (QED) is 0.0183. The Kier molecular flexibility index (Phi) is 54.3. The number of benzene rings is 9. The largest absolute Gasteiger partial charge is 0.643 e. The number of carbonyl (C=O) groups is 4. The van der Waals surface area contributed by atoms with Crippen LogP contribution in [0.5, 0.6) is 23.0 Å². The first-order valence-electron chi connectivity index (χ1n) is 39.3. The summed E-state index contributed by atoms with van der Waals surface area (Å²) in [5.41, 5.74) is 5.98. The average Bonchev–Trinajstić information content (AvgIpc) is 0.816. The number of halogens is 13. The van der Waals surface area contributed by atoms with E-state index in [2.05, 4.69) is 135 Å². The number of aliphatic hydroxyl groups is 4. The Labute approximate surface area is 835 Å². The minimum absolute atomic E-state index is 0.